The van der Waals surface area contributed by atoms with E-state index in [9.17, 15) is 4.79 Å². The lowest BCUT2D eigenvalue weighted by Gasteiger charge is -2.34. The van der Waals surface area contributed by atoms with Crippen LogP contribution in [-0.2, 0) is 14.3 Å². The summed E-state index contributed by atoms with van der Waals surface area (Å²) in [6.07, 6.45) is 11.6. The number of ether oxygens (including phenoxy) is 2. The molecule has 32 heavy (non-hydrogen) atoms. The van der Waals surface area contributed by atoms with Crippen molar-refractivity contribution >= 4 is 36.5 Å². The van der Waals surface area contributed by atoms with E-state index in [1.165, 1.54) is 24.0 Å². The average Bonchev–Trinajstić information content (AvgIpc) is 3.16. The van der Waals surface area contributed by atoms with Gasteiger partial charge in [0.2, 0.25) is 0 Å². The quantitative estimate of drug-likeness (QED) is 0.289. The van der Waals surface area contributed by atoms with E-state index >= 15 is 0 Å². The molecule has 0 amide bonds. The van der Waals surface area contributed by atoms with Crippen LogP contribution in [0.2, 0.25) is 5.82 Å². The summed E-state index contributed by atoms with van der Waals surface area (Å²) in [7, 11) is 3.87. The Morgan fingerprint density at radius 2 is 1.97 bits per heavy atom. The first kappa shape index (κ1) is 25.2. The highest BCUT2D eigenvalue weighted by Crippen LogP contribution is 2.36. The highest BCUT2D eigenvalue weighted by Gasteiger charge is 2.30. The smallest absolute Gasteiger partial charge is 0.301 e. The van der Waals surface area contributed by atoms with E-state index in [-0.39, 0.29) is 17.2 Å². The first-order valence-electron chi connectivity index (χ1n) is 11.9. The van der Waals surface area contributed by atoms with E-state index in [2.05, 4.69) is 70.2 Å². The molecule has 1 aliphatic carbocycles. The summed E-state index contributed by atoms with van der Waals surface area (Å²) in [5, 5.41) is 0.562. The standard InChI is InChI=1S/C27H38BO3S/c1-19(27(2,3)4)17-21-10-13-25(24(18-21)30-5)32-16-6-7-20-8-11-22(12-9-20)28-23-14-15-31-26(23)29/h6-9,11-12,17,21,23-25H,10,13-16,18H2,1-5H3/b7-6+,19-17+/t21?,23?,24-,25+/m1/s1. The molecule has 0 N–H and O–H groups in total. The number of esters is 1. The Morgan fingerprint density at radius 1 is 1.22 bits per heavy atom. The van der Waals surface area contributed by atoms with E-state index in [0.29, 0.717) is 23.9 Å². The molecule has 1 aliphatic heterocycles. The van der Waals surface area contributed by atoms with Crippen molar-refractivity contribution in [2.75, 3.05) is 19.5 Å². The van der Waals surface area contributed by atoms with Crippen LogP contribution in [0, 0.1) is 11.3 Å². The summed E-state index contributed by atoms with van der Waals surface area (Å²) in [4.78, 5) is 11.6. The number of methoxy groups -OCH3 is 1. The maximum atomic E-state index is 11.6. The Hall–Kier alpha value is -1.46. The molecule has 3 rings (SSSR count). The third-order valence-electron chi connectivity index (χ3n) is 6.77. The van der Waals surface area contributed by atoms with Crippen molar-refractivity contribution in [2.24, 2.45) is 11.3 Å². The van der Waals surface area contributed by atoms with Crippen molar-refractivity contribution < 1.29 is 14.3 Å². The van der Waals surface area contributed by atoms with Crippen molar-refractivity contribution in [2.45, 2.75) is 70.5 Å². The van der Waals surface area contributed by atoms with Crippen LogP contribution in [-0.4, -0.2) is 44.1 Å². The molecule has 1 saturated carbocycles. The molecule has 0 bridgehead atoms. The van der Waals surface area contributed by atoms with Crippen LogP contribution < -0.4 is 5.46 Å². The summed E-state index contributed by atoms with van der Waals surface area (Å²) in [6, 6.07) is 8.38. The van der Waals surface area contributed by atoms with Gasteiger partial charge in [0, 0.05) is 23.9 Å². The zero-order chi connectivity index (χ0) is 23.1. The fourth-order valence-corrected chi connectivity index (χ4v) is 5.50. The van der Waals surface area contributed by atoms with Gasteiger partial charge in [-0.3, -0.25) is 4.79 Å². The molecule has 173 valence electrons. The van der Waals surface area contributed by atoms with Crippen molar-refractivity contribution in [3.8, 4) is 0 Å². The molecule has 1 aromatic rings. The maximum Gasteiger partial charge on any atom is 0.301 e. The van der Waals surface area contributed by atoms with Crippen LogP contribution in [0.4, 0.5) is 0 Å². The first-order chi connectivity index (χ1) is 15.3. The molecule has 1 radical (unpaired) electrons. The lowest BCUT2D eigenvalue weighted by molar-refractivity contribution is -0.137. The molecule has 2 unspecified atom stereocenters. The minimum atomic E-state index is -0.102. The summed E-state index contributed by atoms with van der Waals surface area (Å²) in [5.74, 6) is 1.43. The van der Waals surface area contributed by atoms with Gasteiger partial charge in [-0.05, 0) is 49.5 Å². The second-order valence-electron chi connectivity index (χ2n) is 10.1. The number of hydrogen-bond donors (Lipinski definition) is 0. The van der Waals surface area contributed by atoms with Crippen LogP contribution >= 0.6 is 11.8 Å². The number of rotatable bonds is 8. The topological polar surface area (TPSA) is 35.5 Å². The summed E-state index contributed by atoms with van der Waals surface area (Å²) in [5.41, 5.74) is 4.00. The van der Waals surface area contributed by atoms with Gasteiger partial charge in [0.05, 0.1) is 12.7 Å². The molecule has 1 heterocycles. The monoisotopic (exact) mass is 453 g/mol. The molecule has 2 aliphatic rings. The van der Waals surface area contributed by atoms with Gasteiger partial charge < -0.3 is 9.47 Å². The van der Waals surface area contributed by atoms with Crippen LogP contribution in [0.15, 0.2) is 42.0 Å². The van der Waals surface area contributed by atoms with E-state index < -0.39 is 0 Å². The van der Waals surface area contributed by atoms with E-state index in [4.69, 9.17) is 9.47 Å². The molecule has 1 saturated heterocycles. The number of carbonyl (C=O) groups excluding carboxylic acids is 1. The lowest BCUT2D eigenvalue weighted by atomic mass is 9.58. The Morgan fingerprint density at radius 3 is 2.59 bits per heavy atom. The van der Waals surface area contributed by atoms with Gasteiger partial charge in [0.25, 0.3) is 0 Å². The van der Waals surface area contributed by atoms with Crippen LogP contribution in [0.1, 0.15) is 58.9 Å². The summed E-state index contributed by atoms with van der Waals surface area (Å²) in [6.45, 7) is 9.67. The molecule has 3 nitrogen and oxygen atoms in total. The Bertz CT molecular complexity index is 809. The minimum absolute atomic E-state index is 0.0931. The van der Waals surface area contributed by atoms with Gasteiger partial charge >= 0.3 is 5.97 Å². The number of cyclic esters (lactones) is 1. The van der Waals surface area contributed by atoms with Gasteiger partial charge in [0.1, 0.15) is 0 Å². The highest BCUT2D eigenvalue weighted by atomic mass is 32.2. The second-order valence-corrected chi connectivity index (χ2v) is 11.4. The number of carbonyl (C=O) groups is 1. The molecular weight excluding hydrogens is 415 g/mol. The van der Waals surface area contributed by atoms with Gasteiger partial charge in [-0.25, -0.2) is 0 Å². The Balaban J connectivity index is 1.45. The predicted octanol–water partition coefficient (Wildman–Crippen LogP) is 5.67. The first-order valence-corrected chi connectivity index (χ1v) is 12.9. The van der Waals surface area contributed by atoms with Crippen molar-refractivity contribution in [3.63, 3.8) is 0 Å². The van der Waals surface area contributed by atoms with Crippen LogP contribution in [0.25, 0.3) is 6.08 Å². The fraction of sp³-hybridized carbons (Fsp3) is 0.593. The molecule has 0 aromatic heterocycles. The third-order valence-corrected chi connectivity index (χ3v) is 8.12. The molecule has 4 atom stereocenters. The molecule has 1 aromatic carbocycles. The Kier molecular flexibility index (Phi) is 9.13. The van der Waals surface area contributed by atoms with Gasteiger partial charge in [-0.1, -0.05) is 74.3 Å². The summed E-state index contributed by atoms with van der Waals surface area (Å²) >= 11 is 2.01. The highest BCUT2D eigenvalue weighted by molar-refractivity contribution is 8.00. The number of allylic oxidation sites excluding steroid dienone is 2. The SMILES string of the molecule is CO[C@@H]1CC(/C=C(\C)C(C)(C)C)CC[C@@H]1SC/C=C/c1ccc([B]C2CCOC2=O)cc1. The molecule has 0 spiro atoms. The third kappa shape index (κ3) is 7.28. The van der Waals surface area contributed by atoms with Gasteiger partial charge in [0.15, 0.2) is 7.28 Å². The van der Waals surface area contributed by atoms with Crippen LogP contribution in [0.5, 0.6) is 0 Å². The normalized spacial score (nSPS) is 27.0. The Labute approximate surface area is 199 Å². The van der Waals surface area contributed by atoms with E-state index in [0.717, 1.165) is 24.1 Å². The zero-order valence-electron chi connectivity index (χ0n) is 20.3. The number of benzene rings is 1. The molecule has 2 fully saturated rings. The maximum absolute atomic E-state index is 11.6. The summed E-state index contributed by atoms with van der Waals surface area (Å²) < 4.78 is 10.9. The van der Waals surface area contributed by atoms with Crippen molar-refractivity contribution in [3.05, 3.63) is 47.6 Å². The van der Waals surface area contributed by atoms with Crippen molar-refractivity contribution in [1.29, 1.82) is 0 Å². The lowest BCUT2D eigenvalue weighted by Crippen LogP contribution is -2.33. The molecular formula is C27H38BO3S. The van der Waals surface area contributed by atoms with Gasteiger partial charge in [-0.2, -0.15) is 11.8 Å². The van der Waals surface area contributed by atoms with Gasteiger partial charge in [-0.15, -0.1) is 0 Å². The average molecular weight is 453 g/mol. The predicted molar refractivity (Wildman–Crippen MR) is 138 cm³/mol. The van der Waals surface area contributed by atoms with E-state index in [1.807, 2.05) is 26.2 Å². The minimum Gasteiger partial charge on any atom is -0.466 e. The van der Waals surface area contributed by atoms with Crippen molar-refractivity contribution in [1.82, 2.24) is 0 Å². The second kappa shape index (κ2) is 11.6. The number of hydrogen-bond acceptors (Lipinski definition) is 4. The van der Waals surface area contributed by atoms with E-state index in [1.54, 1.807) is 0 Å². The molecule has 5 heteroatoms. The number of thioether (sulfide) groups is 1. The van der Waals surface area contributed by atoms with Crippen LogP contribution in [0.3, 0.4) is 0 Å². The zero-order valence-corrected chi connectivity index (χ0v) is 21.1. The largest absolute Gasteiger partial charge is 0.466 e. The fourth-order valence-electron chi connectivity index (χ4n) is 4.30.